The lowest BCUT2D eigenvalue weighted by Crippen LogP contribution is -2.39. The van der Waals surface area contributed by atoms with Crippen LogP contribution in [0.3, 0.4) is 0 Å². The van der Waals surface area contributed by atoms with Crippen molar-refractivity contribution in [2.24, 2.45) is 17.9 Å². The lowest BCUT2D eigenvalue weighted by molar-refractivity contribution is -0.152. The molecule has 288 valence electrons. The van der Waals surface area contributed by atoms with Gasteiger partial charge in [-0.15, -0.1) is 0 Å². The Balaban J connectivity index is 0.935. The number of carbonyl (C=O) groups is 2. The number of benzene rings is 2. The molecule has 5 heterocycles. The number of rotatable bonds is 9. The molecule has 3 aliphatic heterocycles. The number of aliphatic hydroxyl groups is 1. The van der Waals surface area contributed by atoms with Crippen molar-refractivity contribution in [1.29, 1.82) is 0 Å². The van der Waals surface area contributed by atoms with Crippen LogP contribution in [0.25, 0.3) is 22.4 Å². The predicted molar refractivity (Wildman–Crippen MR) is 210 cm³/mol. The second-order valence-corrected chi connectivity index (χ2v) is 16.9. The number of likely N-dealkylation sites (tertiary alicyclic amines) is 1. The van der Waals surface area contributed by atoms with Gasteiger partial charge in [-0.25, -0.2) is 9.97 Å². The fraction of sp³-hybridized carbons (Fsp3) is 0.488. The van der Waals surface area contributed by atoms with Crippen molar-refractivity contribution in [3.05, 3.63) is 81.9 Å². The van der Waals surface area contributed by atoms with Crippen LogP contribution < -0.4 is 9.64 Å². The summed E-state index contributed by atoms with van der Waals surface area (Å²) in [6.45, 7) is 5.29. The quantitative estimate of drug-likeness (QED) is 0.203. The van der Waals surface area contributed by atoms with E-state index in [9.17, 15) is 14.7 Å². The summed E-state index contributed by atoms with van der Waals surface area (Å²) in [5.74, 6) is 0.892. The van der Waals surface area contributed by atoms with E-state index in [2.05, 4.69) is 15.9 Å². The maximum Gasteiger partial charge on any atom is 0.311 e. The van der Waals surface area contributed by atoms with Gasteiger partial charge in [0.25, 0.3) is 5.91 Å². The third kappa shape index (κ3) is 6.24. The van der Waals surface area contributed by atoms with Crippen molar-refractivity contribution < 1.29 is 24.2 Å². The van der Waals surface area contributed by atoms with Crippen LogP contribution in [0.5, 0.6) is 5.88 Å². The van der Waals surface area contributed by atoms with Crippen molar-refractivity contribution in [3.8, 4) is 28.3 Å². The molecule has 9 rings (SSSR count). The van der Waals surface area contributed by atoms with Crippen molar-refractivity contribution in [1.82, 2.24) is 24.3 Å². The fourth-order valence-corrected chi connectivity index (χ4v) is 10.8. The molecule has 1 saturated heterocycles. The number of aromatic nitrogens is 3. The van der Waals surface area contributed by atoms with Gasteiger partial charge in [-0.2, -0.15) is 0 Å². The number of amides is 1. The maximum atomic E-state index is 14.3. The predicted octanol–water partition coefficient (Wildman–Crippen LogP) is 6.06. The molecule has 4 aromatic rings. The summed E-state index contributed by atoms with van der Waals surface area (Å²) in [6, 6.07) is 16.1. The Bertz CT molecular complexity index is 2180. The van der Waals surface area contributed by atoms with Gasteiger partial charge in [-0.3, -0.25) is 19.4 Å². The minimum absolute atomic E-state index is 0.0381. The molecule has 2 aliphatic carbocycles. The van der Waals surface area contributed by atoms with E-state index in [1.807, 2.05) is 59.0 Å². The minimum atomic E-state index is -0.294. The van der Waals surface area contributed by atoms with Crippen molar-refractivity contribution in [2.75, 3.05) is 51.8 Å². The maximum absolute atomic E-state index is 14.3. The summed E-state index contributed by atoms with van der Waals surface area (Å²) < 4.78 is 12.9. The second kappa shape index (κ2) is 14.0. The van der Waals surface area contributed by atoms with E-state index < -0.39 is 0 Å². The minimum Gasteiger partial charge on any atom is -0.481 e. The standard InChI is InChI=1S/C43H49ClN6O5/c1-47-36-14-20-49(26-42-15-17-43(25-42,18-16-42)41(53)55-3)24-34(36)45-38(47)40(52)50-21-13-30-29(6-5-9-35(30)50)31-7-4-8-32(37(31)44)33-11-10-27(39(46-33)54-2)22-48-19-12-28(51)23-48/h4-11,28,51H,12-26H2,1-3H3/t28-,42?,43?/m1/s1. The molecule has 0 radical (unpaired) electrons. The first-order chi connectivity index (χ1) is 26.6. The largest absolute Gasteiger partial charge is 0.481 e. The Hall–Kier alpha value is -4.29. The van der Waals surface area contributed by atoms with Crippen LogP contribution in [0, 0.1) is 10.8 Å². The van der Waals surface area contributed by atoms with Gasteiger partial charge in [0.1, 0.15) is 0 Å². The van der Waals surface area contributed by atoms with Crippen LogP contribution >= 0.6 is 11.6 Å². The number of ether oxygens (including phenoxy) is 2. The smallest absolute Gasteiger partial charge is 0.311 e. The number of halogens is 1. The number of methoxy groups -OCH3 is 2. The molecule has 3 fully saturated rings. The van der Waals surface area contributed by atoms with Crippen LogP contribution in [-0.4, -0.2) is 94.4 Å². The highest BCUT2D eigenvalue weighted by Gasteiger charge is 2.59. The Morgan fingerprint density at radius 3 is 2.47 bits per heavy atom. The molecule has 5 aliphatic rings. The third-order valence-corrected chi connectivity index (χ3v) is 13.7. The van der Waals surface area contributed by atoms with Crippen LogP contribution in [0.2, 0.25) is 5.02 Å². The summed E-state index contributed by atoms with van der Waals surface area (Å²) in [4.78, 5) is 43.4. The van der Waals surface area contributed by atoms with E-state index in [0.29, 0.717) is 49.3 Å². The number of carbonyl (C=O) groups excluding carboxylic acids is 2. The van der Waals surface area contributed by atoms with Crippen LogP contribution in [0.15, 0.2) is 48.5 Å². The first-order valence-corrected chi connectivity index (χ1v) is 20.0. The average Bonchev–Trinajstić information content (AvgIpc) is 4.03. The van der Waals surface area contributed by atoms with Gasteiger partial charge in [-0.05, 0) is 73.6 Å². The molecular formula is C43H49ClN6O5. The second-order valence-electron chi connectivity index (χ2n) is 16.5. The Kier molecular flexibility index (Phi) is 9.27. The molecule has 2 saturated carbocycles. The van der Waals surface area contributed by atoms with Crippen LogP contribution in [-0.2, 0) is 42.5 Å². The Morgan fingerprint density at radius 2 is 1.71 bits per heavy atom. The first-order valence-electron chi connectivity index (χ1n) is 19.6. The Morgan fingerprint density at radius 1 is 0.927 bits per heavy atom. The lowest BCUT2D eigenvalue weighted by Gasteiger charge is -2.35. The van der Waals surface area contributed by atoms with Gasteiger partial charge in [0, 0.05) is 87.4 Å². The highest BCUT2D eigenvalue weighted by atomic mass is 35.5. The summed E-state index contributed by atoms with van der Waals surface area (Å²) in [5.41, 5.74) is 8.33. The number of imidazole rings is 1. The van der Waals surface area contributed by atoms with Gasteiger partial charge >= 0.3 is 5.97 Å². The van der Waals surface area contributed by atoms with E-state index in [-0.39, 0.29) is 28.8 Å². The number of anilines is 1. The molecule has 0 unspecified atom stereocenters. The van der Waals surface area contributed by atoms with E-state index in [1.54, 1.807) is 7.11 Å². The number of hydrogen-bond acceptors (Lipinski definition) is 9. The average molecular weight is 765 g/mol. The summed E-state index contributed by atoms with van der Waals surface area (Å²) in [6.07, 6.45) is 6.92. The first kappa shape index (κ1) is 36.4. The number of hydrogen-bond donors (Lipinski definition) is 1. The highest BCUT2D eigenvalue weighted by molar-refractivity contribution is 6.36. The van der Waals surface area contributed by atoms with Gasteiger partial charge < -0.3 is 24.0 Å². The number of pyridine rings is 1. The van der Waals surface area contributed by atoms with Gasteiger partial charge in [-0.1, -0.05) is 48.0 Å². The lowest BCUT2D eigenvalue weighted by atomic mass is 9.81. The number of β-amino-alcohol motifs (C(OH)–C–C–N with tert-alkyl or cyclic N) is 1. The van der Waals surface area contributed by atoms with Gasteiger partial charge in [0.15, 0.2) is 5.82 Å². The van der Waals surface area contributed by atoms with E-state index >= 15 is 0 Å². The topological polar surface area (TPSA) is 113 Å². The highest BCUT2D eigenvalue weighted by Crippen LogP contribution is 2.62. The molecule has 12 heteroatoms. The van der Waals surface area contributed by atoms with E-state index in [1.165, 1.54) is 7.11 Å². The van der Waals surface area contributed by atoms with Gasteiger partial charge in [0.05, 0.1) is 42.1 Å². The number of aliphatic hydroxyl groups excluding tert-OH is 1. The summed E-state index contributed by atoms with van der Waals surface area (Å²) >= 11 is 7.22. The van der Waals surface area contributed by atoms with Gasteiger partial charge in [0.2, 0.25) is 5.88 Å². The molecule has 2 bridgehead atoms. The SMILES string of the molecule is COC(=O)C12CCC(CN3CCc4c(nc(C(=O)N5CCc6c(-c7cccc(-c8ccc(CN9CC[C@@H](O)C9)c(OC)n8)c7Cl)cccc65)n4C)C3)(CC1)C2. The van der Waals surface area contributed by atoms with Crippen molar-refractivity contribution in [2.45, 2.75) is 70.6 Å². The molecule has 2 aromatic heterocycles. The van der Waals surface area contributed by atoms with Crippen molar-refractivity contribution in [3.63, 3.8) is 0 Å². The zero-order valence-electron chi connectivity index (χ0n) is 31.9. The van der Waals surface area contributed by atoms with Crippen LogP contribution in [0.1, 0.15) is 71.7 Å². The number of esters is 1. The van der Waals surface area contributed by atoms with Crippen LogP contribution in [0.4, 0.5) is 5.69 Å². The normalized spacial score (nSPS) is 24.7. The molecule has 2 aromatic carbocycles. The molecule has 55 heavy (non-hydrogen) atoms. The van der Waals surface area contributed by atoms with Crippen molar-refractivity contribution >= 4 is 29.2 Å². The summed E-state index contributed by atoms with van der Waals surface area (Å²) in [5, 5.41) is 10.6. The molecular weight excluding hydrogens is 716 g/mol. The van der Waals surface area contributed by atoms with E-state index in [4.69, 9.17) is 31.0 Å². The molecule has 1 atom stereocenters. The monoisotopic (exact) mass is 764 g/mol. The molecule has 1 N–H and O–H groups in total. The molecule has 1 amide bonds. The molecule has 11 nitrogen and oxygen atoms in total. The Labute approximate surface area is 327 Å². The third-order valence-electron chi connectivity index (χ3n) is 13.3. The fourth-order valence-electron chi connectivity index (χ4n) is 10.5. The zero-order valence-corrected chi connectivity index (χ0v) is 32.7. The zero-order chi connectivity index (χ0) is 38.1. The molecule has 0 spiro atoms. The summed E-state index contributed by atoms with van der Waals surface area (Å²) in [7, 11) is 5.11. The number of fused-ring (bicyclic) bond motifs is 4. The van der Waals surface area contributed by atoms with E-state index in [0.717, 1.165) is 115 Å². The number of nitrogens with zero attached hydrogens (tertiary/aromatic N) is 6.